The van der Waals surface area contributed by atoms with Gasteiger partial charge in [-0.15, -0.1) is 0 Å². The van der Waals surface area contributed by atoms with Crippen LogP contribution in [0.1, 0.15) is 5.56 Å². The molecule has 6 rings (SSSR count). The fraction of sp³-hybridized carbons (Fsp3) is 0.0357. The summed E-state index contributed by atoms with van der Waals surface area (Å²) < 4.78 is 3.86. The molecule has 0 saturated heterocycles. The first-order valence-electron chi connectivity index (χ1n) is 10.7. The van der Waals surface area contributed by atoms with Gasteiger partial charge in [0.2, 0.25) is 0 Å². The van der Waals surface area contributed by atoms with Crippen molar-refractivity contribution in [3.8, 4) is 0 Å². The van der Waals surface area contributed by atoms with Crippen LogP contribution in [0.2, 0.25) is 0 Å². The summed E-state index contributed by atoms with van der Waals surface area (Å²) in [6.07, 6.45) is 22.1. The van der Waals surface area contributed by atoms with E-state index in [1.165, 1.54) is 7.11 Å². The molecule has 164 valence electrons. The molecule has 0 amide bonds. The highest BCUT2D eigenvalue weighted by Gasteiger charge is 2.18. The number of carbonyl (C=O) groups is 1. The molecule has 0 unspecified atom stereocenters. The van der Waals surface area contributed by atoms with Crippen LogP contribution in [0, 0.1) is 0 Å². The van der Waals surface area contributed by atoms with E-state index in [9.17, 15) is 0 Å². The van der Waals surface area contributed by atoms with E-state index in [1.54, 1.807) is 0 Å². The third-order valence-corrected chi connectivity index (χ3v) is 5.22. The van der Waals surface area contributed by atoms with E-state index in [0.29, 0.717) is 6.47 Å². The van der Waals surface area contributed by atoms with Crippen molar-refractivity contribution in [3.05, 3.63) is 126 Å². The van der Waals surface area contributed by atoms with Crippen LogP contribution >= 0.6 is 0 Å². The van der Waals surface area contributed by atoms with E-state index < -0.39 is 0 Å². The number of hydrogen-bond acceptors (Lipinski definition) is 6. The van der Waals surface area contributed by atoms with Gasteiger partial charge >= 0.3 is 0 Å². The van der Waals surface area contributed by atoms with Gasteiger partial charge in [-0.2, -0.15) is 0 Å². The maximum absolute atomic E-state index is 8.95. The molecule has 6 nitrogen and oxygen atoms in total. The Hall–Kier alpha value is -4.71. The van der Waals surface area contributed by atoms with Gasteiger partial charge in [0.05, 0.1) is 52.7 Å². The zero-order valence-electron chi connectivity index (χ0n) is 18.4. The largest absolute Gasteiger partial charge is 0.471 e. The SMILES string of the molecule is C1=CC2=NC1=CC1=NC(=CC3=NC(=CC4=NC(=C2)C=C4)C=C3c2ccccc2)C=C1.COC=O. The molecule has 0 atom stereocenters. The number of aliphatic imine (C=N–C) groups is 4. The molecule has 0 spiro atoms. The molecule has 5 aliphatic rings. The number of fused-ring (bicyclic) bond motifs is 4. The predicted molar refractivity (Wildman–Crippen MR) is 137 cm³/mol. The fourth-order valence-electron chi connectivity index (χ4n) is 3.75. The first-order valence-corrected chi connectivity index (χ1v) is 10.7. The standard InChI is InChI=1S/C26H16N4.C2H4O2/c1-2-4-17(5-3-1)25-15-24-14-22-9-8-20(28-22)12-18-6-7-19(27-18)13-21-10-11-23(29-21)16-26(25)30-24;1-4-2-3/h1-16H;2H,1H3. The lowest BCUT2D eigenvalue weighted by Gasteiger charge is -2.03. The molecule has 0 aromatic heterocycles. The molecule has 0 radical (unpaired) electrons. The van der Waals surface area contributed by atoms with Gasteiger partial charge < -0.3 is 4.74 Å². The van der Waals surface area contributed by atoms with Crippen LogP contribution in [0.25, 0.3) is 5.57 Å². The molecular weight excluding hydrogens is 424 g/mol. The summed E-state index contributed by atoms with van der Waals surface area (Å²) in [5.41, 5.74) is 9.28. The molecule has 0 N–H and O–H groups in total. The van der Waals surface area contributed by atoms with Gasteiger partial charge in [0.25, 0.3) is 6.47 Å². The van der Waals surface area contributed by atoms with Crippen LogP contribution in [0.15, 0.2) is 140 Å². The van der Waals surface area contributed by atoms with E-state index in [2.05, 4.69) is 27.9 Å². The normalized spacial score (nSPS) is 18.9. The van der Waals surface area contributed by atoms with Crippen molar-refractivity contribution in [3.63, 3.8) is 0 Å². The molecule has 0 saturated carbocycles. The Balaban J connectivity index is 0.000000560. The Kier molecular flexibility index (Phi) is 5.86. The summed E-state index contributed by atoms with van der Waals surface area (Å²) >= 11 is 0. The zero-order valence-corrected chi connectivity index (χ0v) is 18.4. The topological polar surface area (TPSA) is 75.7 Å². The second-order valence-electron chi connectivity index (χ2n) is 7.64. The predicted octanol–water partition coefficient (Wildman–Crippen LogP) is 4.90. The Bertz CT molecular complexity index is 1420. The summed E-state index contributed by atoms with van der Waals surface area (Å²) in [7, 11) is 1.31. The highest BCUT2D eigenvalue weighted by atomic mass is 16.5. The number of hydrogen-bond donors (Lipinski definition) is 0. The van der Waals surface area contributed by atoms with Gasteiger partial charge in [-0.1, -0.05) is 30.3 Å². The second-order valence-corrected chi connectivity index (χ2v) is 7.64. The molecule has 0 fully saturated rings. The number of ether oxygens (including phenoxy) is 1. The van der Waals surface area contributed by atoms with E-state index in [1.807, 2.05) is 79.0 Å². The van der Waals surface area contributed by atoms with Gasteiger partial charge in [-0.05, 0) is 72.4 Å². The number of methoxy groups -OCH3 is 1. The average Bonchev–Trinajstić information content (AvgIpc) is 3.65. The van der Waals surface area contributed by atoms with E-state index in [-0.39, 0.29) is 0 Å². The van der Waals surface area contributed by atoms with Crippen molar-refractivity contribution in [2.45, 2.75) is 0 Å². The highest BCUT2D eigenvalue weighted by Crippen LogP contribution is 2.28. The number of nitrogens with zero attached hydrogens (tertiary/aromatic N) is 4. The molecule has 1 aromatic carbocycles. The summed E-state index contributed by atoms with van der Waals surface area (Å²) in [4.78, 5) is 27.9. The van der Waals surface area contributed by atoms with Crippen LogP contribution < -0.4 is 0 Å². The fourth-order valence-corrected chi connectivity index (χ4v) is 3.75. The van der Waals surface area contributed by atoms with Crippen LogP contribution in [-0.4, -0.2) is 36.4 Å². The second kappa shape index (κ2) is 9.42. The monoisotopic (exact) mass is 444 g/mol. The number of rotatable bonds is 2. The van der Waals surface area contributed by atoms with Crippen molar-refractivity contribution in [1.82, 2.24) is 0 Å². The third kappa shape index (κ3) is 4.71. The maximum Gasteiger partial charge on any atom is 0.292 e. The van der Waals surface area contributed by atoms with E-state index >= 15 is 0 Å². The minimum absolute atomic E-state index is 0.375. The Morgan fingerprint density at radius 2 is 1.12 bits per heavy atom. The smallest absolute Gasteiger partial charge is 0.292 e. The molecule has 0 aliphatic carbocycles. The third-order valence-electron chi connectivity index (χ3n) is 5.22. The number of allylic oxidation sites excluding steroid dienone is 12. The van der Waals surface area contributed by atoms with E-state index in [4.69, 9.17) is 19.8 Å². The van der Waals surface area contributed by atoms with Crippen molar-refractivity contribution in [1.29, 1.82) is 0 Å². The lowest BCUT2D eigenvalue weighted by molar-refractivity contribution is -0.126. The summed E-state index contributed by atoms with van der Waals surface area (Å²) in [5, 5.41) is 0. The minimum Gasteiger partial charge on any atom is -0.471 e. The zero-order chi connectivity index (χ0) is 23.3. The lowest BCUT2D eigenvalue weighted by atomic mass is 10.0. The molecule has 1 aromatic rings. The number of carbonyl (C=O) groups excluding carboxylic acids is 1. The molecule has 8 bridgehead atoms. The molecule has 6 heteroatoms. The van der Waals surface area contributed by atoms with Crippen molar-refractivity contribution in [2.24, 2.45) is 20.0 Å². The molecule has 5 aliphatic heterocycles. The van der Waals surface area contributed by atoms with Crippen molar-refractivity contribution < 1.29 is 9.53 Å². The molecular formula is C28H20N4O2. The van der Waals surface area contributed by atoms with Gasteiger partial charge in [-0.3, -0.25) is 4.79 Å². The van der Waals surface area contributed by atoms with E-state index in [0.717, 1.165) is 56.8 Å². The van der Waals surface area contributed by atoms with Gasteiger partial charge in [0, 0.05) is 5.57 Å². The van der Waals surface area contributed by atoms with Crippen molar-refractivity contribution >= 4 is 34.9 Å². The first kappa shape index (κ1) is 21.2. The van der Waals surface area contributed by atoms with Gasteiger partial charge in [-0.25, -0.2) is 20.0 Å². The van der Waals surface area contributed by atoms with Crippen LogP contribution in [0.4, 0.5) is 0 Å². The molecule has 34 heavy (non-hydrogen) atoms. The maximum atomic E-state index is 8.95. The lowest BCUT2D eigenvalue weighted by Crippen LogP contribution is -1.96. The summed E-state index contributed by atoms with van der Waals surface area (Å²) in [6, 6.07) is 10.3. The Morgan fingerprint density at radius 3 is 1.65 bits per heavy atom. The van der Waals surface area contributed by atoms with Crippen LogP contribution in [0.5, 0.6) is 0 Å². The van der Waals surface area contributed by atoms with Crippen LogP contribution in [0.3, 0.4) is 0 Å². The Labute approximate surface area is 197 Å². The summed E-state index contributed by atoms with van der Waals surface area (Å²) in [6.45, 7) is 0.375. The first-order chi connectivity index (χ1) is 16.7. The molecule has 5 heterocycles. The summed E-state index contributed by atoms with van der Waals surface area (Å²) in [5.74, 6) is 0. The van der Waals surface area contributed by atoms with Crippen LogP contribution in [-0.2, 0) is 9.53 Å². The van der Waals surface area contributed by atoms with Gasteiger partial charge in [0.15, 0.2) is 0 Å². The quantitative estimate of drug-likeness (QED) is 0.609. The highest BCUT2D eigenvalue weighted by molar-refractivity contribution is 6.32. The van der Waals surface area contributed by atoms with Crippen molar-refractivity contribution in [2.75, 3.05) is 7.11 Å². The number of benzene rings is 1. The average molecular weight is 444 g/mol. The Morgan fingerprint density at radius 1 is 0.618 bits per heavy atom. The van der Waals surface area contributed by atoms with Gasteiger partial charge in [0.1, 0.15) is 0 Å². The minimum atomic E-state index is 0.375.